The van der Waals surface area contributed by atoms with Crippen molar-refractivity contribution < 1.29 is 18.3 Å². The van der Waals surface area contributed by atoms with Crippen molar-refractivity contribution in [2.24, 2.45) is 0 Å². The van der Waals surface area contributed by atoms with E-state index in [0.717, 1.165) is 5.39 Å². The summed E-state index contributed by atoms with van der Waals surface area (Å²) in [5.41, 5.74) is 0.0520. The number of furan rings is 1. The largest absolute Gasteiger partial charge is 0.451 e. The minimum atomic E-state index is -0.979. The third kappa shape index (κ3) is 3.03. The summed E-state index contributed by atoms with van der Waals surface area (Å²) in [6, 6.07) is 15.4. The summed E-state index contributed by atoms with van der Waals surface area (Å²) >= 11 is 0. The normalized spacial score (nSPS) is 13.6. The molecule has 0 fully saturated rings. The number of benzene rings is 2. The molecule has 1 atom stereocenters. The highest BCUT2D eigenvalue weighted by molar-refractivity contribution is 5.96. The fraction of sp³-hybridized carbons (Fsp3) is 0.211. The minimum Gasteiger partial charge on any atom is -0.451 e. The van der Waals surface area contributed by atoms with Crippen LogP contribution in [0.3, 0.4) is 0 Å². The average molecular weight is 327 g/mol. The van der Waals surface area contributed by atoms with Crippen molar-refractivity contribution in [2.45, 2.75) is 12.5 Å². The fourth-order valence-corrected chi connectivity index (χ4v) is 2.60. The predicted octanol–water partition coefficient (Wildman–Crippen LogP) is 3.86. The van der Waals surface area contributed by atoms with Gasteiger partial charge in [0.15, 0.2) is 5.76 Å². The second-order valence-corrected chi connectivity index (χ2v) is 5.75. The van der Waals surface area contributed by atoms with Gasteiger partial charge in [0.25, 0.3) is 5.91 Å². The van der Waals surface area contributed by atoms with Crippen LogP contribution in [-0.2, 0) is 10.3 Å². The second kappa shape index (κ2) is 6.45. The molecular formula is C19H18FNO3. The molecule has 0 bridgehead atoms. The topological polar surface area (TPSA) is 51.5 Å². The molecule has 1 amide bonds. The summed E-state index contributed by atoms with van der Waals surface area (Å²) in [5, 5.41) is 3.61. The first-order valence-electron chi connectivity index (χ1n) is 7.60. The molecule has 0 spiro atoms. The molecule has 1 unspecified atom stereocenters. The zero-order valence-corrected chi connectivity index (χ0v) is 13.5. The SMILES string of the molecule is COC(C)(CNC(=O)c1cc2ccccc2o1)c1ccccc1F. The van der Waals surface area contributed by atoms with Gasteiger partial charge in [0.1, 0.15) is 17.0 Å². The lowest BCUT2D eigenvalue weighted by molar-refractivity contribution is 0.000201. The van der Waals surface area contributed by atoms with Crippen LogP contribution in [0.4, 0.5) is 4.39 Å². The Hall–Kier alpha value is -2.66. The van der Waals surface area contributed by atoms with Crippen LogP contribution in [0.5, 0.6) is 0 Å². The summed E-state index contributed by atoms with van der Waals surface area (Å²) < 4.78 is 25.0. The van der Waals surface area contributed by atoms with Gasteiger partial charge in [-0.25, -0.2) is 4.39 Å². The Kier molecular flexibility index (Phi) is 4.36. The number of hydrogen-bond donors (Lipinski definition) is 1. The molecule has 4 nitrogen and oxygen atoms in total. The first kappa shape index (κ1) is 16.2. The van der Waals surface area contributed by atoms with Crippen LogP contribution in [0.25, 0.3) is 11.0 Å². The Balaban J connectivity index is 1.77. The minimum absolute atomic E-state index is 0.111. The maximum Gasteiger partial charge on any atom is 0.287 e. The highest BCUT2D eigenvalue weighted by Crippen LogP contribution is 2.26. The second-order valence-electron chi connectivity index (χ2n) is 5.75. The molecule has 124 valence electrons. The Labute approximate surface area is 139 Å². The number of rotatable bonds is 5. The number of carbonyl (C=O) groups excluding carboxylic acids is 1. The molecule has 1 N–H and O–H groups in total. The lowest BCUT2D eigenvalue weighted by atomic mass is 9.95. The van der Waals surface area contributed by atoms with Gasteiger partial charge in [-0.1, -0.05) is 36.4 Å². The third-order valence-corrected chi connectivity index (χ3v) is 4.13. The number of ether oxygens (including phenoxy) is 1. The number of nitrogens with one attached hydrogen (secondary N) is 1. The molecule has 24 heavy (non-hydrogen) atoms. The first-order chi connectivity index (χ1) is 11.5. The maximum atomic E-state index is 14.0. The predicted molar refractivity (Wildman–Crippen MR) is 89.3 cm³/mol. The van der Waals surface area contributed by atoms with Gasteiger partial charge < -0.3 is 14.5 Å². The van der Waals surface area contributed by atoms with Crippen molar-refractivity contribution in [3.8, 4) is 0 Å². The lowest BCUT2D eigenvalue weighted by Crippen LogP contribution is -2.40. The van der Waals surface area contributed by atoms with E-state index < -0.39 is 5.60 Å². The molecule has 0 radical (unpaired) electrons. The summed E-state index contributed by atoms with van der Waals surface area (Å²) in [5.74, 6) is -0.533. The van der Waals surface area contributed by atoms with Crippen LogP contribution in [0.15, 0.2) is 59.0 Å². The molecule has 1 heterocycles. The monoisotopic (exact) mass is 327 g/mol. The van der Waals surface area contributed by atoms with E-state index in [0.29, 0.717) is 11.1 Å². The van der Waals surface area contributed by atoms with Gasteiger partial charge in [-0.15, -0.1) is 0 Å². The fourth-order valence-electron chi connectivity index (χ4n) is 2.60. The summed E-state index contributed by atoms with van der Waals surface area (Å²) in [6.45, 7) is 1.84. The van der Waals surface area contributed by atoms with E-state index in [-0.39, 0.29) is 24.0 Å². The highest BCUT2D eigenvalue weighted by Gasteiger charge is 2.30. The lowest BCUT2D eigenvalue weighted by Gasteiger charge is -2.29. The van der Waals surface area contributed by atoms with E-state index >= 15 is 0 Å². The Morgan fingerprint density at radius 3 is 2.62 bits per heavy atom. The molecule has 0 aliphatic heterocycles. The van der Waals surface area contributed by atoms with Gasteiger partial charge >= 0.3 is 0 Å². The van der Waals surface area contributed by atoms with Crippen molar-refractivity contribution in [1.82, 2.24) is 5.32 Å². The van der Waals surface area contributed by atoms with E-state index in [1.807, 2.05) is 18.2 Å². The Morgan fingerprint density at radius 2 is 1.92 bits per heavy atom. The van der Waals surface area contributed by atoms with Crippen molar-refractivity contribution in [1.29, 1.82) is 0 Å². The van der Waals surface area contributed by atoms with Crippen LogP contribution in [0.2, 0.25) is 0 Å². The number of para-hydroxylation sites is 1. The summed E-state index contributed by atoms with van der Waals surface area (Å²) in [4.78, 5) is 12.3. The number of methoxy groups -OCH3 is 1. The molecular weight excluding hydrogens is 309 g/mol. The maximum absolute atomic E-state index is 14.0. The smallest absolute Gasteiger partial charge is 0.287 e. The molecule has 3 aromatic rings. The van der Waals surface area contributed by atoms with Gasteiger partial charge in [0.05, 0.1) is 6.54 Å². The van der Waals surface area contributed by atoms with Gasteiger partial charge in [-0.05, 0) is 25.1 Å². The number of halogens is 1. The van der Waals surface area contributed by atoms with Crippen LogP contribution in [-0.4, -0.2) is 19.6 Å². The van der Waals surface area contributed by atoms with E-state index in [9.17, 15) is 9.18 Å². The van der Waals surface area contributed by atoms with Crippen LogP contribution in [0, 0.1) is 5.82 Å². The van der Waals surface area contributed by atoms with E-state index in [1.165, 1.54) is 13.2 Å². The quantitative estimate of drug-likeness (QED) is 0.774. The van der Waals surface area contributed by atoms with Gasteiger partial charge in [-0.2, -0.15) is 0 Å². The van der Waals surface area contributed by atoms with E-state index in [4.69, 9.17) is 9.15 Å². The Bertz CT molecular complexity index is 841. The molecule has 0 saturated heterocycles. The summed E-state index contributed by atoms with van der Waals surface area (Å²) in [7, 11) is 1.49. The molecule has 1 aromatic heterocycles. The zero-order chi connectivity index (χ0) is 17.2. The van der Waals surface area contributed by atoms with Gasteiger partial charge in [0, 0.05) is 18.1 Å². The number of fused-ring (bicyclic) bond motifs is 1. The number of carbonyl (C=O) groups is 1. The van der Waals surface area contributed by atoms with Crippen molar-refractivity contribution in [3.63, 3.8) is 0 Å². The molecule has 2 aromatic carbocycles. The molecule has 5 heteroatoms. The third-order valence-electron chi connectivity index (χ3n) is 4.13. The first-order valence-corrected chi connectivity index (χ1v) is 7.60. The number of amides is 1. The zero-order valence-electron chi connectivity index (χ0n) is 13.5. The highest BCUT2D eigenvalue weighted by atomic mass is 19.1. The van der Waals surface area contributed by atoms with Gasteiger partial charge in [-0.3, -0.25) is 4.79 Å². The molecule has 0 saturated carbocycles. The number of hydrogen-bond acceptors (Lipinski definition) is 3. The van der Waals surface area contributed by atoms with E-state index in [2.05, 4.69) is 5.32 Å². The summed E-state index contributed by atoms with van der Waals surface area (Å²) in [6.07, 6.45) is 0. The van der Waals surface area contributed by atoms with Crippen molar-refractivity contribution >= 4 is 16.9 Å². The van der Waals surface area contributed by atoms with Crippen LogP contribution in [0.1, 0.15) is 23.0 Å². The van der Waals surface area contributed by atoms with E-state index in [1.54, 1.807) is 37.3 Å². The standard InChI is InChI=1S/C19H18FNO3/c1-19(23-2,14-8-4-5-9-15(14)20)12-21-18(22)17-11-13-7-3-6-10-16(13)24-17/h3-11H,12H2,1-2H3,(H,21,22). The average Bonchev–Trinajstić information content (AvgIpc) is 3.04. The van der Waals surface area contributed by atoms with Crippen molar-refractivity contribution in [3.05, 3.63) is 71.7 Å². The Morgan fingerprint density at radius 1 is 1.21 bits per heavy atom. The molecule has 0 aliphatic rings. The molecule has 0 aliphatic carbocycles. The van der Waals surface area contributed by atoms with Crippen LogP contribution < -0.4 is 5.32 Å². The molecule has 3 rings (SSSR count). The van der Waals surface area contributed by atoms with Gasteiger partial charge in [0.2, 0.25) is 0 Å². The van der Waals surface area contributed by atoms with Crippen LogP contribution >= 0.6 is 0 Å². The van der Waals surface area contributed by atoms with Crippen molar-refractivity contribution in [2.75, 3.05) is 13.7 Å².